The first kappa shape index (κ1) is 15.1. The average Bonchev–Trinajstić information content (AvgIpc) is 2.91. The Morgan fingerprint density at radius 3 is 2.67 bits per heavy atom. The number of imidazole rings is 1. The van der Waals surface area contributed by atoms with Crippen LogP contribution in [0.25, 0.3) is 16.7 Å². The van der Waals surface area contributed by atoms with E-state index in [1.165, 1.54) is 0 Å². The highest BCUT2D eigenvalue weighted by molar-refractivity contribution is 5.93. The number of fused-ring (bicyclic) bond motifs is 1. The lowest BCUT2D eigenvalue weighted by Gasteiger charge is -2.05. The van der Waals surface area contributed by atoms with Crippen LogP contribution in [0.4, 0.5) is 5.69 Å². The van der Waals surface area contributed by atoms with Crippen LogP contribution in [0.1, 0.15) is 13.3 Å². The first-order valence-corrected chi connectivity index (χ1v) is 6.60. The van der Waals surface area contributed by atoms with Crippen molar-refractivity contribution in [3.63, 3.8) is 0 Å². The van der Waals surface area contributed by atoms with Crippen LogP contribution in [0.2, 0.25) is 0 Å². The summed E-state index contributed by atoms with van der Waals surface area (Å²) in [5, 5.41) is 2.84. The van der Waals surface area contributed by atoms with E-state index in [0.717, 1.165) is 22.4 Å². The Kier molecular flexibility index (Phi) is 4.60. The van der Waals surface area contributed by atoms with Gasteiger partial charge in [0.1, 0.15) is 6.33 Å². The first-order chi connectivity index (χ1) is 9.78. The van der Waals surface area contributed by atoms with Gasteiger partial charge in [-0.1, -0.05) is 25.1 Å². The summed E-state index contributed by atoms with van der Waals surface area (Å²) in [6.45, 7) is 1.83. The van der Waals surface area contributed by atoms with Gasteiger partial charge in [0.25, 0.3) is 0 Å². The Labute approximate surface area is 129 Å². The lowest BCUT2D eigenvalue weighted by atomic mass is 10.2. The number of para-hydroxylation sites is 1. The number of nitrogens with zero attached hydrogens (tertiary/aromatic N) is 2. The van der Waals surface area contributed by atoms with Gasteiger partial charge in [0.2, 0.25) is 5.91 Å². The second kappa shape index (κ2) is 6.41. The second-order valence-electron chi connectivity index (χ2n) is 4.56. The number of hydrogen-bond acceptors (Lipinski definition) is 2. The van der Waals surface area contributed by atoms with Crippen molar-refractivity contribution in [1.29, 1.82) is 0 Å². The van der Waals surface area contributed by atoms with Crippen LogP contribution < -0.4 is 5.32 Å². The van der Waals surface area contributed by atoms with Gasteiger partial charge in [-0.05, 0) is 30.3 Å². The standard InChI is InChI=1S/C16H15N3O.ClH/c1-2-16(20)18-12-8-9-15-14(10-12)17-11-19(15)13-6-4-3-5-7-13;/h3-11H,2H2,1H3,(H,18,20);1H. The van der Waals surface area contributed by atoms with E-state index in [-0.39, 0.29) is 18.3 Å². The van der Waals surface area contributed by atoms with Gasteiger partial charge in [-0.2, -0.15) is 0 Å². The SMILES string of the molecule is CCC(=O)Nc1ccc2c(c1)ncn2-c1ccccc1.Cl. The smallest absolute Gasteiger partial charge is 0.224 e. The summed E-state index contributed by atoms with van der Waals surface area (Å²) in [7, 11) is 0. The number of nitrogens with one attached hydrogen (secondary N) is 1. The summed E-state index contributed by atoms with van der Waals surface area (Å²) in [6.07, 6.45) is 2.27. The van der Waals surface area contributed by atoms with Crippen LogP contribution in [-0.2, 0) is 4.79 Å². The van der Waals surface area contributed by atoms with Gasteiger partial charge < -0.3 is 5.32 Å². The predicted molar refractivity (Wildman–Crippen MR) is 87.2 cm³/mol. The molecular weight excluding hydrogens is 286 g/mol. The number of hydrogen-bond donors (Lipinski definition) is 1. The summed E-state index contributed by atoms with van der Waals surface area (Å²) in [6, 6.07) is 15.8. The minimum Gasteiger partial charge on any atom is -0.326 e. The fraction of sp³-hybridized carbons (Fsp3) is 0.125. The van der Waals surface area contributed by atoms with E-state index in [1.54, 1.807) is 6.33 Å². The number of carbonyl (C=O) groups excluding carboxylic acids is 1. The molecule has 0 saturated heterocycles. The van der Waals surface area contributed by atoms with E-state index in [9.17, 15) is 4.79 Å². The number of rotatable bonds is 3. The van der Waals surface area contributed by atoms with Crippen molar-refractivity contribution in [3.05, 3.63) is 54.9 Å². The number of halogens is 1. The largest absolute Gasteiger partial charge is 0.326 e. The average molecular weight is 302 g/mol. The lowest BCUT2D eigenvalue weighted by Crippen LogP contribution is -2.09. The molecule has 1 N–H and O–H groups in total. The Balaban J connectivity index is 0.00000161. The molecule has 0 aliphatic rings. The van der Waals surface area contributed by atoms with Gasteiger partial charge in [0.15, 0.2) is 0 Å². The van der Waals surface area contributed by atoms with Gasteiger partial charge in [0, 0.05) is 17.8 Å². The lowest BCUT2D eigenvalue weighted by molar-refractivity contribution is -0.115. The molecule has 0 atom stereocenters. The summed E-state index contributed by atoms with van der Waals surface area (Å²) in [5.41, 5.74) is 3.73. The Morgan fingerprint density at radius 2 is 1.95 bits per heavy atom. The molecular formula is C16H16ClN3O. The molecule has 21 heavy (non-hydrogen) atoms. The molecule has 0 aliphatic heterocycles. The van der Waals surface area contributed by atoms with E-state index < -0.39 is 0 Å². The monoisotopic (exact) mass is 301 g/mol. The van der Waals surface area contributed by atoms with Crippen molar-refractivity contribution >= 4 is 35.0 Å². The summed E-state index contributed by atoms with van der Waals surface area (Å²) >= 11 is 0. The third kappa shape index (κ3) is 3.06. The van der Waals surface area contributed by atoms with Crippen molar-refractivity contribution in [2.75, 3.05) is 5.32 Å². The van der Waals surface area contributed by atoms with Crippen LogP contribution >= 0.6 is 12.4 Å². The highest BCUT2D eigenvalue weighted by atomic mass is 35.5. The molecule has 1 amide bonds. The molecule has 0 bridgehead atoms. The van der Waals surface area contributed by atoms with Crippen molar-refractivity contribution in [1.82, 2.24) is 9.55 Å². The highest BCUT2D eigenvalue weighted by Crippen LogP contribution is 2.21. The zero-order valence-electron chi connectivity index (χ0n) is 11.6. The molecule has 0 aliphatic carbocycles. The summed E-state index contributed by atoms with van der Waals surface area (Å²) in [4.78, 5) is 15.8. The van der Waals surface area contributed by atoms with E-state index in [0.29, 0.717) is 6.42 Å². The number of benzene rings is 2. The molecule has 2 aromatic carbocycles. The first-order valence-electron chi connectivity index (χ1n) is 6.60. The fourth-order valence-corrected chi connectivity index (χ4v) is 2.13. The molecule has 3 aromatic rings. The highest BCUT2D eigenvalue weighted by Gasteiger charge is 2.06. The summed E-state index contributed by atoms with van der Waals surface area (Å²) < 4.78 is 2.03. The number of anilines is 1. The second-order valence-corrected chi connectivity index (χ2v) is 4.56. The molecule has 0 radical (unpaired) electrons. The van der Waals surface area contributed by atoms with Crippen LogP contribution in [0.5, 0.6) is 0 Å². The quantitative estimate of drug-likeness (QED) is 0.800. The minimum atomic E-state index is 0. The zero-order valence-corrected chi connectivity index (χ0v) is 12.4. The van der Waals surface area contributed by atoms with Crippen LogP contribution in [0.3, 0.4) is 0 Å². The molecule has 108 valence electrons. The van der Waals surface area contributed by atoms with Crippen LogP contribution in [-0.4, -0.2) is 15.5 Å². The van der Waals surface area contributed by atoms with Crippen LogP contribution in [0.15, 0.2) is 54.9 Å². The number of aromatic nitrogens is 2. The van der Waals surface area contributed by atoms with Gasteiger partial charge in [-0.15, -0.1) is 12.4 Å². The van der Waals surface area contributed by atoms with E-state index in [1.807, 2.05) is 60.0 Å². The maximum absolute atomic E-state index is 11.4. The molecule has 0 fully saturated rings. The van der Waals surface area contributed by atoms with E-state index >= 15 is 0 Å². The molecule has 0 spiro atoms. The third-order valence-electron chi connectivity index (χ3n) is 3.19. The fourth-order valence-electron chi connectivity index (χ4n) is 2.13. The van der Waals surface area contributed by atoms with Crippen molar-refractivity contribution in [2.24, 2.45) is 0 Å². The number of amides is 1. The van der Waals surface area contributed by atoms with Crippen molar-refractivity contribution in [2.45, 2.75) is 13.3 Å². The van der Waals surface area contributed by atoms with Gasteiger partial charge >= 0.3 is 0 Å². The predicted octanol–water partition coefficient (Wildman–Crippen LogP) is 3.80. The van der Waals surface area contributed by atoms with Crippen molar-refractivity contribution < 1.29 is 4.79 Å². The molecule has 1 heterocycles. The molecule has 5 heteroatoms. The molecule has 1 aromatic heterocycles. The van der Waals surface area contributed by atoms with Crippen LogP contribution in [0, 0.1) is 0 Å². The van der Waals surface area contributed by atoms with Crippen molar-refractivity contribution in [3.8, 4) is 5.69 Å². The topological polar surface area (TPSA) is 46.9 Å². The Hall–Kier alpha value is -2.33. The number of carbonyl (C=O) groups is 1. The summed E-state index contributed by atoms with van der Waals surface area (Å²) in [5.74, 6) is 0.00634. The normalized spacial score (nSPS) is 10.1. The van der Waals surface area contributed by atoms with E-state index in [2.05, 4.69) is 10.3 Å². The van der Waals surface area contributed by atoms with E-state index in [4.69, 9.17) is 0 Å². The third-order valence-corrected chi connectivity index (χ3v) is 3.19. The molecule has 3 rings (SSSR count). The minimum absolute atomic E-state index is 0. The zero-order chi connectivity index (χ0) is 13.9. The molecule has 4 nitrogen and oxygen atoms in total. The maximum Gasteiger partial charge on any atom is 0.224 e. The Bertz CT molecular complexity index is 753. The van der Waals surface area contributed by atoms with Gasteiger partial charge in [-0.3, -0.25) is 9.36 Å². The maximum atomic E-state index is 11.4. The Morgan fingerprint density at radius 1 is 1.19 bits per heavy atom. The molecule has 0 unspecified atom stereocenters. The van der Waals surface area contributed by atoms with Gasteiger partial charge in [0.05, 0.1) is 11.0 Å². The van der Waals surface area contributed by atoms with Gasteiger partial charge in [-0.25, -0.2) is 4.98 Å². The molecule has 0 saturated carbocycles.